The molecule has 1 aromatic heterocycles. The Bertz CT molecular complexity index is 705. The molecule has 1 aromatic carbocycles. The number of fused-ring (bicyclic) bond motifs is 1. The van der Waals surface area contributed by atoms with Gasteiger partial charge in [-0.3, -0.25) is 14.2 Å². The molecule has 0 aliphatic carbocycles. The summed E-state index contributed by atoms with van der Waals surface area (Å²) >= 11 is 0. The van der Waals surface area contributed by atoms with Gasteiger partial charge in [0.25, 0.3) is 5.56 Å². The minimum atomic E-state index is -0.204. The second-order valence-electron chi connectivity index (χ2n) is 5.13. The molecule has 1 N–H and O–H groups in total. The quantitative estimate of drug-likeness (QED) is 0.898. The lowest BCUT2D eigenvalue weighted by Gasteiger charge is -2.11. The molecule has 1 saturated heterocycles. The summed E-state index contributed by atoms with van der Waals surface area (Å²) in [6.45, 7) is 1.23. The average molecular weight is 287 g/mol. The van der Waals surface area contributed by atoms with Crippen molar-refractivity contribution in [3.63, 3.8) is 0 Å². The van der Waals surface area contributed by atoms with Crippen LogP contribution >= 0.6 is 0 Å². The van der Waals surface area contributed by atoms with Crippen LogP contribution in [0.4, 0.5) is 0 Å². The van der Waals surface area contributed by atoms with Gasteiger partial charge in [0.2, 0.25) is 5.91 Å². The number of benzene rings is 1. The number of carbonyl (C=O) groups is 1. The molecule has 2 aromatic rings. The zero-order valence-electron chi connectivity index (χ0n) is 11.6. The summed E-state index contributed by atoms with van der Waals surface area (Å²) in [7, 11) is 0. The molecule has 110 valence electrons. The van der Waals surface area contributed by atoms with E-state index in [4.69, 9.17) is 4.74 Å². The molecule has 2 heterocycles. The SMILES string of the molecule is O=C(Cn1cnc2ccccc2c1=O)NC[C@H]1CCCO1. The fourth-order valence-corrected chi connectivity index (χ4v) is 2.46. The Morgan fingerprint density at radius 1 is 1.43 bits per heavy atom. The third kappa shape index (κ3) is 3.11. The van der Waals surface area contributed by atoms with Crippen molar-refractivity contribution >= 4 is 16.8 Å². The van der Waals surface area contributed by atoms with E-state index < -0.39 is 0 Å². The zero-order valence-corrected chi connectivity index (χ0v) is 11.6. The first-order valence-corrected chi connectivity index (χ1v) is 7.06. The van der Waals surface area contributed by atoms with Gasteiger partial charge in [0, 0.05) is 13.2 Å². The van der Waals surface area contributed by atoms with Crippen LogP contribution < -0.4 is 10.9 Å². The number of aromatic nitrogens is 2. The number of amides is 1. The van der Waals surface area contributed by atoms with Crippen LogP contribution in [-0.2, 0) is 16.1 Å². The second-order valence-corrected chi connectivity index (χ2v) is 5.13. The van der Waals surface area contributed by atoms with Crippen molar-refractivity contribution in [2.24, 2.45) is 0 Å². The highest BCUT2D eigenvalue weighted by atomic mass is 16.5. The van der Waals surface area contributed by atoms with Crippen LogP contribution in [0, 0.1) is 0 Å². The number of para-hydroxylation sites is 1. The monoisotopic (exact) mass is 287 g/mol. The molecule has 6 heteroatoms. The first kappa shape index (κ1) is 13.8. The first-order valence-electron chi connectivity index (χ1n) is 7.06. The molecule has 1 aliphatic heterocycles. The smallest absolute Gasteiger partial charge is 0.261 e. The molecule has 0 spiro atoms. The summed E-state index contributed by atoms with van der Waals surface area (Å²) in [6, 6.07) is 7.10. The molecule has 0 radical (unpaired) electrons. The Kier molecular flexibility index (Phi) is 3.96. The molecular formula is C15H17N3O3. The normalized spacial score (nSPS) is 18.0. The topological polar surface area (TPSA) is 73.2 Å². The van der Waals surface area contributed by atoms with Crippen molar-refractivity contribution in [2.45, 2.75) is 25.5 Å². The maximum atomic E-state index is 12.2. The molecule has 21 heavy (non-hydrogen) atoms. The minimum absolute atomic E-state index is 0.0244. The Labute approximate surface area is 121 Å². The Hall–Kier alpha value is -2.21. The lowest BCUT2D eigenvalue weighted by molar-refractivity contribution is -0.122. The van der Waals surface area contributed by atoms with E-state index in [1.165, 1.54) is 10.9 Å². The summed E-state index contributed by atoms with van der Waals surface area (Å²) in [6.07, 6.45) is 3.52. The van der Waals surface area contributed by atoms with Gasteiger partial charge in [-0.2, -0.15) is 0 Å². The van der Waals surface area contributed by atoms with E-state index in [9.17, 15) is 9.59 Å². The lowest BCUT2D eigenvalue weighted by Crippen LogP contribution is -2.36. The number of rotatable bonds is 4. The summed E-state index contributed by atoms with van der Waals surface area (Å²) in [4.78, 5) is 28.3. The maximum absolute atomic E-state index is 12.2. The van der Waals surface area contributed by atoms with Crippen molar-refractivity contribution in [1.29, 1.82) is 0 Å². The van der Waals surface area contributed by atoms with Crippen LogP contribution in [-0.4, -0.2) is 34.7 Å². The van der Waals surface area contributed by atoms with Crippen molar-refractivity contribution in [3.05, 3.63) is 40.9 Å². The van der Waals surface area contributed by atoms with Gasteiger partial charge in [0.15, 0.2) is 0 Å². The minimum Gasteiger partial charge on any atom is -0.376 e. The standard InChI is InChI=1S/C15H17N3O3/c19-14(16-8-11-4-3-7-21-11)9-18-10-17-13-6-2-1-5-12(13)15(18)20/h1-2,5-6,10-11H,3-4,7-9H2,(H,16,19)/t11-/m1/s1. The summed E-state index contributed by atoms with van der Waals surface area (Å²) in [5.41, 5.74) is 0.436. The second kappa shape index (κ2) is 6.05. The molecule has 0 unspecified atom stereocenters. The van der Waals surface area contributed by atoms with E-state index in [2.05, 4.69) is 10.3 Å². The van der Waals surface area contributed by atoms with Crippen LogP contribution in [0.3, 0.4) is 0 Å². The molecule has 1 aliphatic rings. The fraction of sp³-hybridized carbons (Fsp3) is 0.400. The number of nitrogens with one attached hydrogen (secondary N) is 1. The Morgan fingerprint density at radius 3 is 3.10 bits per heavy atom. The number of carbonyl (C=O) groups excluding carboxylic acids is 1. The van der Waals surface area contributed by atoms with Crippen LogP contribution in [0.2, 0.25) is 0 Å². The molecule has 1 fully saturated rings. The van der Waals surface area contributed by atoms with Gasteiger partial charge in [-0.05, 0) is 25.0 Å². The van der Waals surface area contributed by atoms with Gasteiger partial charge in [-0.1, -0.05) is 12.1 Å². The number of ether oxygens (including phenoxy) is 1. The fourth-order valence-electron chi connectivity index (χ4n) is 2.46. The van der Waals surface area contributed by atoms with Gasteiger partial charge >= 0.3 is 0 Å². The van der Waals surface area contributed by atoms with E-state index in [1.54, 1.807) is 18.2 Å². The van der Waals surface area contributed by atoms with E-state index in [0.29, 0.717) is 17.4 Å². The zero-order chi connectivity index (χ0) is 14.7. The van der Waals surface area contributed by atoms with E-state index >= 15 is 0 Å². The van der Waals surface area contributed by atoms with Crippen molar-refractivity contribution in [2.75, 3.05) is 13.2 Å². The summed E-state index contributed by atoms with van der Waals surface area (Å²) < 4.78 is 6.77. The largest absolute Gasteiger partial charge is 0.376 e. The Morgan fingerprint density at radius 2 is 2.29 bits per heavy atom. The molecular weight excluding hydrogens is 270 g/mol. The molecule has 6 nitrogen and oxygen atoms in total. The third-order valence-corrected chi connectivity index (χ3v) is 3.60. The maximum Gasteiger partial charge on any atom is 0.261 e. The van der Waals surface area contributed by atoms with E-state index in [0.717, 1.165) is 19.4 Å². The van der Waals surface area contributed by atoms with Crippen molar-refractivity contribution in [3.8, 4) is 0 Å². The Balaban J connectivity index is 1.68. The third-order valence-electron chi connectivity index (χ3n) is 3.60. The van der Waals surface area contributed by atoms with Crippen LogP contribution in [0.25, 0.3) is 10.9 Å². The molecule has 0 bridgehead atoms. The van der Waals surface area contributed by atoms with Gasteiger partial charge < -0.3 is 10.1 Å². The molecule has 3 rings (SSSR count). The highest BCUT2D eigenvalue weighted by Gasteiger charge is 2.16. The van der Waals surface area contributed by atoms with Gasteiger partial charge in [0.1, 0.15) is 6.54 Å². The molecule has 1 atom stereocenters. The van der Waals surface area contributed by atoms with Gasteiger partial charge in [-0.25, -0.2) is 4.98 Å². The number of nitrogens with zero attached hydrogens (tertiary/aromatic N) is 2. The summed E-state index contributed by atoms with van der Waals surface area (Å²) in [5, 5.41) is 3.32. The lowest BCUT2D eigenvalue weighted by atomic mass is 10.2. The van der Waals surface area contributed by atoms with Crippen molar-refractivity contribution in [1.82, 2.24) is 14.9 Å². The predicted octanol–water partition coefficient (Wildman–Crippen LogP) is 0.692. The van der Waals surface area contributed by atoms with Crippen molar-refractivity contribution < 1.29 is 9.53 Å². The van der Waals surface area contributed by atoms with Crippen LogP contribution in [0.5, 0.6) is 0 Å². The molecule has 0 saturated carbocycles. The van der Waals surface area contributed by atoms with Gasteiger partial charge in [-0.15, -0.1) is 0 Å². The highest BCUT2D eigenvalue weighted by molar-refractivity contribution is 5.78. The number of hydrogen-bond donors (Lipinski definition) is 1. The average Bonchev–Trinajstić information content (AvgIpc) is 3.02. The van der Waals surface area contributed by atoms with E-state index in [-0.39, 0.29) is 24.1 Å². The van der Waals surface area contributed by atoms with E-state index in [1.807, 2.05) is 6.07 Å². The first-order chi connectivity index (χ1) is 10.2. The molecule has 1 amide bonds. The van der Waals surface area contributed by atoms with Gasteiger partial charge in [0.05, 0.1) is 23.3 Å². The number of hydrogen-bond acceptors (Lipinski definition) is 4. The van der Waals surface area contributed by atoms with Crippen LogP contribution in [0.1, 0.15) is 12.8 Å². The summed E-state index contributed by atoms with van der Waals surface area (Å²) in [5.74, 6) is -0.204. The van der Waals surface area contributed by atoms with Crippen LogP contribution in [0.15, 0.2) is 35.4 Å². The highest BCUT2D eigenvalue weighted by Crippen LogP contribution is 2.10. The predicted molar refractivity (Wildman–Crippen MR) is 78.0 cm³/mol.